The van der Waals surface area contributed by atoms with E-state index in [0.29, 0.717) is 6.61 Å². The zero-order chi connectivity index (χ0) is 13.5. The van der Waals surface area contributed by atoms with Crippen molar-refractivity contribution in [2.45, 2.75) is 6.61 Å². The van der Waals surface area contributed by atoms with E-state index in [-0.39, 0.29) is 0 Å². The van der Waals surface area contributed by atoms with E-state index in [4.69, 9.17) is 9.26 Å². The molecule has 0 saturated heterocycles. The Kier molecular flexibility index (Phi) is 5.14. The van der Waals surface area contributed by atoms with Gasteiger partial charge in [0.15, 0.2) is 0 Å². The summed E-state index contributed by atoms with van der Waals surface area (Å²) in [4.78, 5) is 0. The van der Waals surface area contributed by atoms with Crippen molar-refractivity contribution < 1.29 is 9.26 Å². The van der Waals surface area contributed by atoms with Crippen LogP contribution in [0.3, 0.4) is 0 Å². The van der Waals surface area contributed by atoms with Crippen molar-refractivity contribution >= 4 is 13.5 Å². The molecule has 0 bridgehead atoms. The number of methoxy groups -OCH3 is 1. The summed E-state index contributed by atoms with van der Waals surface area (Å²) in [6, 6.07) is 18.1. The van der Waals surface area contributed by atoms with Gasteiger partial charge in [0.25, 0.3) is 0 Å². The van der Waals surface area contributed by atoms with Gasteiger partial charge in [0, 0.05) is 5.30 Å². The third-order valence-corrected chi connectivity index (χ3v) is 4.25. The fourth-order valence-electron chi connectivity index (χ4n) is 1.67. The summed E-state index contributed by atoms with van der Waals surface area (Å²) in [6.07, 6.45) is 0. The second-order valence-electron chi connectivity index (χ2n) is 3.97. The molecule has 0 aromatic heterocycles. The van der Waals surface area contributed by atoms with Crippen molar-refractivity contribution in [3.05, 3.63) is 72.6 Å². The first-order chi connectivity index (χ1) is 9.33. The molecular weight excluding hydrogens is 255 g/mol. The normalized spacial score (nSPS) is 11.8. The number of hydrogen-bond acceptors (Lipinski definition) is 2. The molecule has 0 amide bonds. The fourth-order valence-corrected chi connectivity index (χ4v) is 2.89. The van der Waals surface area contributed by atoms with Gasteiger partial charge in [0.05, 0.1) is 21.9 Å². The first-order valence-corrected chi connectivity index (χ1v) is 7.39. The first kappa shape index (κ1) is 13.8. The maximum atomic E-state index is 5.94. The summed E-state index contributed by atoms with van der Waals surface area (Å²) in [6.45, 7) is 4.44. The average molecular weight is 272 g/mol. The predicted octanol–water partition coefficient (Wildman–Crippen LogP) is 4.08. The van der Waals surface area contributed by atoms with Gasteiger partial charge in [-0.15, -0.1) is 0 Å². The minimum Gasteiger partial charge on any atom is -0.497 e. The van der Waals surface area contributed by atoms with Gasteiger partial charge in [0.1, 0.15) is 5.75 Å². The minimum atomic E-state index is -0.756. The largest absolute Gasteiger partial charge is 0.497 e. The Morgan fingerprint density at radius 2 is 1.74 bits per heavy atom. The topological polar surface area (TPSA) is 18.5 Å². The van der Waals surface area contributed by atoms with Gasteiger partial charge < -0.3 is 9.26 Å². The lowest BCUT2D eigenvalue weighted by Gasteiger charge is -2.14. The molecule has 2 aromatic rings. The Morgan fingerprint density at radius 1 is 1.05 bits per heavy atom. The molecule has 0 radical (unpaired) electrons. The van der Waals surface area contributed by atoms with Crippen molar-refractivity contribution in [1.82, 2.24) is 0 Å². The third kappa shape index (κ3) is 3.92. The Bertz CT molecular complexity index is 508. The molecule has 2 aromatic carbocycles. The lowest BCUT2D eigenvalue weighted by molar-refractivity contribution is 0.349. The van der Waals surface area contributed by atoms with Crippen LogP contribution in [0, 0.1) is 0 Å². The molecule has 1 unspecified atom stereocenters. The Labute approximate surface area is 115 Å². The van der Waals surface area contributed by atoms with E-state index in [9.17, 15) is 0 Å². The van der Waals surface area contributed by atoms with Crippen LogP contribution in [0.15, 0.2) is 67.0 Å². The van der Waals surface area contributed by atoms with E-state index in [1.54, 1.807) is 7.11 Å². The molecule has 0 spiro atoms. The van der Waals surface area contributed by atoms with Crippen LogP contribution in [0.4, 0.5) is 0 Å². The van der Waals surface area contributed by atoms with Crippen LogP contribution in [-0.2, 0) is 11.1 Å². The van der Waals surface area contributed by atoms with Gasteiger partial charge in [-0.1, -0.05) is 49.0 Å². The van der Waals surface area contributed by atoms with E-state index in [1.807, 2.05) is 48.3 Å². The van der Waals surface area contributed by atoms with Crippen LogP contribution in [0.5, 0.6) is 5.75 Å². The molecule has 0 aliphatic heterocycles. The third-order valence-electron chi connectivity index (χ3n) is 2.71. The predicted molar refractivity (Wildman–Crippen MR) is 81.0 cm³/mol. The van der Waals surface area contributed by atoms with E-state index in [2.05, 4.69) is 18.7 Å². The molecule has 3 heteroatoms. The number of hydrogen-bond donors (Lipinski definition) is 0. The first-order valence-electron chi connectivity index (χ1n) is 6.06. The Morgan fingerprint density at radius 3 is 2.32 bits per heavy atom. The molecule has 0 fully saturated rings. The summed E-state index contributed by atoms with van der Waals surface area (Å²) in [7, 11) is 0.909. The molecule has 0 N–H and O–H groups in total. The van der Waals surface area contributed by atoms with Crippen LogP contribution in [-0.4, -0.2) is 7.11 Å². The van der Waals surface area contributed by atoms with Gasteiger partial charge in [-0.3, -0.25) is 0 Å². The summed E-state index contributed by atoms with van der Waals surface area (Å²) in [5.74, 6) is 2.74. The molecule has 0 heterocycles. The smallest absolute Gasteiger partial charge is 0.118 e. The highest BCUT2D eigenvalue weighted by Gasteiger charge is 2.07. The van der Waals surface area contributed by atoms with E-state index in [1.165, 1.54) is 5.30 Å². The molecular formula is C16H17O2P. The Hall–Kier alpha value is -1.63. The SMILES string of the molecule is C=CP(OCc1ccc(OC)cc1)c1ccccc1. The molecule has 1 atom stereocenters. The zero-order valence-corrected chi connectivity index (χ0v) is 11.8. The van der Waals surface area contributed by atoms with Crippen molar-refractivity contribution in [1.29, 1.82) is 0 Å². The number of ether oxygens (including phenoxy) is 1. The lowest BCUT2D eigenvalue weighted by atomic mass is 10.2. The molecule has 2 nitrogen and oxygen atoms in total. The monoisotopic (exact) mass is 272 g/mol. The summed E-state index contributed by atoms with van der Waals surface area (Å²) >= 11 is 0. The molecule has 98 valence electrons. The summed E-state index contributed by atoms with van der Waals surface area (Å²) < 4.78 is 11.1. The molecule has 2 rings (SSSR count). The van der Waals surface area contributed by atoms with Crippen molar-refractivity contribution in [3.63, 3.8) is 0 Å². The van der Waals surface area contributed by atoms with Crippen LogP contribution < -0.4 is 10.0 Å². The number of benzene rings is 2. The number of rotatable bonds is 6. The van der Waals surface area contributed by atoms with Gasteiger partial charge in [-0.2, -0.15) is 0 Å². The van der Waals surface area contributed by atoms with E-state index < -0.39 is 8.15 Å². The summed E-state index contributed by atoms with van der Waals surface area (Å²) in [5.41, 5.74) is 1.13. The van der Waals surface area contributed by atoms with Crippen LogP contribution in [0.25, 0.3) is 0 Å². The van der Waals surface area contributed by atoms with Crippen molar-refractivity contribution in [2.75, 3.05) is 7.11 Å². The standard InChI is InChI=1S/C16H17O2P/c1-3-19(16-7-5-4-6-8-16)18-13-14-9-11-15(17-2)12-10-14/h3-12H,1,13H2,2H3. The zero-order valence-electron chi connectivity index (χ0n) is 11.0. The lowest BCUT2D eigenvalue weighted by Crippen LogP contribution is -2.00. The molecule has 0 aliphatic rings. The average Bonchev–Trinajstić information content (AvgIpc) is 2.49. The van der Waals surface area contributed by atoms with E-state index in [0.717, 1.165) is 11.3 Å². The van der Waals surface area contributed by atoms with Gasteiger partial charge >= 0.3 is 0 Å². The van der Waals surface area contributed by atoms with Gasteiger partial charge in [-0.25, -0.2) is 0 Å². The molecule has 0 saturated carbocycles. The van der Waals surface area contributed by atoms with Crippen molar-refractivity contribution in [2.24, 2.45) is 0 Å². The second kappa shape index (κ2) is 7.08. The van der Waals surface area contributed by atoms with Crippen LogP contribution in [0.2, 0.25) is 0 Å². The Balaban J connectivity index is 1.98. The highest BCUT2D eigenvalue weighted by Crippen LogP contribution is 2.37. The van der Waals surface area contributed by atoms with Gasteiger partial charge in [-0.05, 0) is 23.5 Å². The highest BCUT2D eigenvalue weighted by atomic mass is 31.1. The fraction of sp³-hybridized carbons (Fsp3) is 0.125. The quantitative estimate of drug-likeness (QED) is 0.738. The minimum absolute atomic E-state index is 0.580. The van der Waals surface area contributed by atoms with Gasteiger partial charge in [0.2, 0.25) is 0 Å². The maximum absolute atomic E-state index is 5.94. The van der Waals surface area contributed by atoms with Crippen LogP contribution >= 0.6 is 8.15 Å². The summed E-state index contributed by atoms with van der Waals surface area (Å²) in [5, 5.41) is 1.18. The van der Waals surface area contributed by atoms with Crippen LogP contribution in [0.1, 0.15) is 5.56 Å². The van der Waals surface area contributed by atoms with E-state index >= 15 is 0 Å². The highest BCUT2D eigenvalue weighted by molar-refractivity contribution is 7.63. The van der Waals surface area contributed by atoms with Crippen molar-refractivity contribution in [3.8, 4) is 5.75 Å². The maximum Gasteiger partial charge on any atom is 0.118 e. The second-order valence-corrected chi connectivity index (χ2v) is 5.76. The molecule has 0 aliphatic carbocycles. The molecule has 19 heavy (non-hydrogen) atoms.